The van der Waals surface area contributed by atoms with Crippen molar-refractivity contribution in [2.45, 2.75) is 32.9 Å². The molecule has 0 bridgehead atoms. The molecule has 1 atom stereocenters. The molecule has 0 fully saturated rings. The highest BCUT2D eigenvalue weighted by Gasteiger charge is 2.22. The highest BCUT2D eigenvalue weighted by Crippen LogP contribution is 2.15. The average molecular weight is 302 g/mol. The number of aromatic nitrogens is 1. The lowest BCUT2D eigenvalue weighted by Crippen LogP contribution is -2.43. The summed E-state index contributed by atoms with van der Waals surface area (Å²) < 4.78 is 6.63. The summed E-state index contributed by atoms with van der Waals surface area (Å²) in [6, 6.07) is 9.23. The van der Waals surface area contributed by atoms with Crippen molar-refractivity contribution in [1.29, 1.82) is 0 Å². The van der Waals surface area contributed by atoms with Gasteiger partial charge in [0.1, 0.15) is 12.6 Å². The number of hydrogen-bond donors (Lipinski definition) is 1. The number of nitrogens with zero attached hydrogens (tertiary/aromatic N) is 1. The molecule has 2 aromatic rings. The Labute approximate surface area is 130 Å². The molecule has 1 heterocycles. The molecule has 0 aliphatic carbocycles. The molecule has 1 aromatic carbocycles. The van der Waals surface area contributed by atoms with Gasteiger partial charge in [-0.05, 0) is 29.9 Å². The van der Waals surface area contributed by atoms with E-state index in [2.05, 4.69) is 5.32 Å². The van der Waals surface area contributed by atoms with E-state index in [-0.39, 0.29) is 18.4 Å². The van der Waals surface area contributed by atoms with Crippen LogP contribution < -0.4 is 5.32 Å². The van der Waals surface area contributed by atoms with Crippen molar-refractivity contribution in [1.82, 2.24) is 9.88 Å². The Morgan fingerprint density at radius 1 is 1.23 bits per heavy atom. The Hall–Kier alpha value is -2.30. The predicted molar refractivity (Wildman–Crippen MR) is 85.3 cm³/mol. The number of hydrogen-bond acceptors (Lipinski definition) is 3. The molecule has 1 amide bonds. The van der Waals surface area contributed by atoms with Crippen molar-refractivity contribution < 1.29 is 14.3 Å². The van der Waals surface area contributed by atoms with E-state index in [9.17, 15) is 9.59 Å². The maximum atomic E-state index is 12.2. The van der Waals surface area contributed by atoms with Crippen LogP contribution in [0.1, 0.15) is 20.3 Å². The average Bonchev–Trinajstić information content (AvgIpc) is 2.88. The molecule has 5 nitrogen and oxygen atoms in total. The van der Waals surface area contributed by atoms with Gasteiger partial charge in [0, 0.05) is 11.7 Å². The number of amides is 1. The van der Waals surface area contributed by atoms with Crippen LogP contribution in [0.4, 0.5) is 0 Å². The van der Waals surface area contributed by atoms with Crippen LogP contribution in [0.3, 0.4) is 0 Å². The topological polar surface area (TPSA) is 60.3 Å². The van der Waals surface area contributed by atoms with Gasteiger partial charge in [-0.2, -0.15) is 0 Å². The summed E-state index contributed by atoms with van der Waals surface area (Å²) in [6.45, 7) is 4.18. The minimum Gasteiger partial charge on any atom is -0.467 e. The molecule has 1 aromatic heterocycles. The van der Waals surface area contributed by atoms with Crippen molar-refractivity contribution in [2.24, 2.45) is 5.92 Å². The first-order chi connectivity index (χ1) is 10.5. The number of carbonyl (C=O) groups excluding carboxylic acids is 2. The Balaban J connectivity index is 2.06. The molecular formula is C17H22N2O3. The lowest BCUT2D eigenvalue weighted by molar-refractivity contribution is -0.145. The van der Waals surface area contributed by atoms with E-state index >= 15 is 0 Å². The van der Waals surface area contributed by atoms with Crippen LogP contribution in [0.5, 0.6) is 0 Å². The number of esters is 1. The molecule has 2 rings (SSSR count). The highest BCUT2D eigenvalue weighted by molar-refractivity contribution is 5.86. The summed E-state index contributed by atoms with van der Waals surface area (Å²) in [5.41, 5.74) is 0.996. The number of para-hydroxylation sites is 1. The lowest BCUT2D eigenvalue weighted by atomic mass is 10.0. The molecule has 0 saturated heterocycles. The molecule has 0 unspecified atom stereocenters. The third kappa shape index (κ3) is 3.87. The summed E-state index contributed by atoms with van der Waals surface area (Å²) in [5, 5.41) is 3.85. The molecule has 0 saturated carbocycles. The number of nitrogens with one attached hydrogen (secondary N) is 1. The fraction of sp³-hybridized carbons (Fsp3) is 0.412. The molecule has 0 aliphatic heterocycles. The minimum absolute atomic E-state index is 0.180. The van der Waals surface area contributed by atoms with Crippen molar-refractivity contribution in [3.63, 3.8) is 0 Å². The molecule has 0 aliphatic rings. The predicted octanol–water partition coefficient (Wildman–Crippen LogP) is 2.35. The van der Waals surface area contributed by atoms with E-state index in [1.807, 2.05) is 54.9 Å². The van der Waals surface area contributed by atoms with Gasteiger partial charge in [-0.1, -0.05) is 32.0 Å². The summed E-state index contributed by atoms with van der Waals surface area (Å²) in [5.74, 6) is -0.311. The number of carbonyl (C=O) groups is 2. The standard InChI is InChI=1S/C17H22N2O3/c1-12(2)10-14(17(21)22-3)18-16(20)11-19-9-8-13-6-4-5-7-15(13)19/h4-9,12,14H,10-11H2,1-3H3,(H,18,20)/t14-/m1/s1. The Bertz CT molecular complexity index is 661. The van der Waals surface area contributed by atoms with Crippen LogP contribution in [0.2, 0.25) is 0 Å². The first kappa shape index (κ1) is 16.1. The van der Waals surface area contributed by atoms with Gasteiger partial charge in [0.05, 0.1) is 7.11 Å². The van der Waals surface area contributed by atoms with Crippen molar-refractivity contribution in [3.8, 4) is 0 Å². The van der Waals surface area contributed by atoms with Gasteiger partial charge in [-0.15, -0.1) is 0 Å². The van der Waals surface area contributed by atoms with E-state index in [1.54, 1.807) is 0 Å². The van der Waals surface area contributed by atoms with Crippen molar-refractivity contribution in [2.75, 3.05) is 7.11 Å². The van der Waals surface area contributed by atoms with E-state index in [0.717, 1.165) is 10.9 Å². The van der Waals surface area contributed by atoms with E-state index in [1.165, 1.54) is 7.11 Å². The Morgan fingerprint density at radius 3 is 2.64 bits per heavy atom. The zero-order valence-corrected chi connectivity index (χ0v) is 13.2. The molecular weight excluding hydrogens is 280 g/mol. The Kier molecular flexibility index (Phi) is 5.20. The second kappa shape index (κ2) is 7.11. The van der Waals surface area contributed by atoms with Crippen LogP contribution in [-0.4, -0.2) is 29.6 Å². The minimum atomic E-state index is -0.598. The van der Waals surface area contributed by atoms with Crippen LogP contribution in [-0.2, 0) is 20.9 Å². The molecule has 0 spiro atoms. The molecule has 5 heteroatoms. The zero-order chi connectivity index (χ0) is 16.1. The van der Waals surface area contributed by atoms with E-state index in [4.69, 9.17) is 4.74 Å². The first-order valence-corrected chi connectivity index (χ1v) is 7.42. The van der Waals surface area contributed by atoms with E-state index < -0.39 is 12.0 Å². The fourth-order valence-electron chi connectivity index (χ4n) is 2.50. The van der Waals surface area contributed by atoms with Crippen molar-refractivity contribution >= 4 is 22.8 Å². The normalized spacial score (nSPS) is 12.4. The van der Waals surface area contributed by atoms with Gasteiger partial charge < -0.3 is 14.6 Å². The van der Waals surface area contributed by atoms with Crippen LogP contribution in [0.15, 0.2) is 36.5 Å². The second-order valence-corrected chi connectivity index (χ2v) is 5.78. The molecule has 22 heavy (non-hydrogen) atoms. The quantitative estimate of drug-likeness (QED) is 0.833. The Morgan fingerprint density at radius 2 is 1.95 bits per heavy atom. The molecule has 1 N–H and O–H groups in total. The summed E-state index contributed by atoms with van der Waals surface area (Å²) in [4.78, 5) is 24.0. The summed E-state index contributed by atoms with van der Waals surface area (Å²) >= 11 is 0. The first-order valence-electron chi connectivity index (χ1n) is 7.42. The maximum absolute atomic E-state index is 12.2. The third-order valence-electron chi connectivity index (χ3n) is 3.52. The number of benzene rings is 1. The van der Waals surface area contributed by atoms with Gasteiger partial charge >= 0.3 is 5.97 Å². The largest absolute Gasteiger partial charge is 0.467 e. The number of ether oxygens (including phenoxy) is 1. The van der Waals surface area contributed by atoms with Gasteiger partial charge in [-0.3, -0.25) is 4.79 Å². The van der Waals surface area contributed by atoms with Gasteiger partial charge in [0.2, 0.25) is 5.91 Å². The van der Waals surface area contributed by atoms with E-state index in [0.29, 0.717) is 6.42 Å². The summed E-state index contributed by atoms with van der Waals surface area (Å²) in [7, 11) is 1.33. The third-order valence-corrected chi connectivity index (χ3v) is 3.52. The van der Waals surface area contributed by atoms with Crippen LogP contribution in [0, 0.1) is 5.92 Å². The lowest BCUT2D eigenvalue weighted by Gasteiger charge is -2.18. The number of fused-ring (bicyclic) bond motifs is 1. The number of methoxy groups -OCH3 is 1. The second-order valence-electron chi connectivity index (χ2n) is 5.78. The monoisotopic (exact) mass is 302 g/mol. The fourth-order valence-corrected chi connectivity index (χ4v) is 2.50. The number of rotatable bonds is 6. The SMILES string of the molecule is COC(=O)[C@@H](CC(C)C)NC(=O)Cn1ccc2ccccc21. The maximum Gasteiger partial charge on any atom is 0.328 e. The van der Waals surface area contributed by atoms with Crippen molar-refractivity contribution in [3.05, 3.63) is 36.5 Å². The summed E-state index contributed by atoms with van der Waals surface area (Å²) in [6.07, 6.45) is 2.44. The van der Waals surface area contributed by atoms with Gasteiger partial charge in [0.15, 0.2) is 0 Å². The van der Waals surface area contributed by atoms with Crippen LogP contribution >= 0.6 is 0 Å². The smallest absolute Gasteiger partial charge is 0.328 e. The molecule has 118 valence electrons. The highest BCUT2D eigenvalue weighted by atomic mass is 16.5. The molecule has 0 radical (unpaired) electrons. The zero-order valence-electron chi connectivity index (χ0n) is 13.2. The van der Waals surface area contributed by atoms with Gasteiger partial charge in [-0.25, -0.2) is 4.79 Å². The van der Waals surface area contributed by atoms with Gasteiger partial charge in [0.25, 0.3) is 0 Å². The van der Waals surface area contributed by atoms with Crippen LogP contribution in [0.25, 0.3) is 10.9 Å².